The molecule has 0 unspecified atom stereocenters. The molecule has 1 amide bonds. The molecule has 0 N–H and O–H groups in total. The quantitative estimate of drug-likeness (QED) is 0.624. The summed E-state index contributed by atoms with van der Waals surface area (Å²) in [6.45, 7) is 1.25. The lowest BCUT2D eigenvalue weighted by molar-refractivity contribution is -0.385. The van der Waals surface area contributed by atoms with Crippen molar-refractivity contribution < 1.29 is 14.5 Å². The van der Waals surface area contributed by atoms with Gasteiger partial charge in [0, 0.05) is 30.7 Å². The third kappa shape index (κ3) is 2.98. The minimum atomic E-state index is -0.536. The summed E-state index contributed by atoms with van der Waals surface area (Å²) in [6, 6.07) is 4.23. The lowest BCUT2D eigenvalue weighted by Gasteiger charge is -2.26. The molecule has 19 heavy (non-hydrogen) atoms. The average Bonchev–Trinajstić information content (AvgIpc) is 2.46. The van der Waals surface area contributed by atoms with Gasteiger partial charge in [-0.3, -0.25) is 14.9 Å². The standard InChI is InChI=1S/C12H14N2O4S/c1-18-9-2-3-11(14(16)17)10(8-9)12(15)13-4-6-19-7-5-13/h2-3,8H,4-7H2,1H3. The van der Waals surface area contributed by atoms with Gasteiger partial charge in [0.1, 0.15) is 11.3 Å². The number of nitrogens with zero attached hydrogens (tertiary/aromatic N) is 2. The first kappa shape index (κ1) is 13.7. The van der Waals surface area contributed by atoms with Gasteiger partial charge in [-0.1, -0.05) is 0 Å². The van der Waals surface area contributed by atoms with Crippen molar-refractivity contribution in [1.82, 2.24) is 4.90 Å². The zero-order valence-electron chi connectivity index (χ0n) is 10.5. The number of carbonyl (C=O) groups excluding carboxylic acids is 1. The van der Waals surface area contributed by atoms with Crippen molar-refractivity contribution in [3.63, 3.8) is 0 Å². The number of thioether (sulfide) groups is 1. The van der Waals surface area contributed by atoms with E-state index in [1.165, 1.54) is 25.3 Å². The van der Waals surface area contributed by atoms with Gasteiger partial charge in [0.25, 0.3) is 11.6 Å². The smallest absolute Gasteiger partial charge is 0.282 e. The molecule has 1 aliphatic heterocycles. The van der Waals surface area contributed by atoms with Gasteiger partial charge >= 0.3 is 0 Å². The first-order chi connectivity index (χ1) is 9.13. The van der Waals surface area contributed by atoms with Gasteiger partial charge in [0.05, 0.1) is 12.0 Å². The molecule has 1 aromatic rings. The van der Waals surface area contributed by atoms with Crippen molar-refractivity contribution in [1.29, 1.82) is 0 Å². The Morgan fingerprint density at radius 1 is 1.42 bits per heavy atom. The maximum absolute atomic E-state index is 12.3. The molecule has 1 aromatic carbocycles. The van der Waals surface area contributed by atoms with Crippen LogP contribution in [-0.4, -0.2) is 47.4 Å². The molecule has 1 saturated heterocycles. The van der Waals surface area contributed by atoms with Gasteiger partial charge in [0.2, 0.25) is 0 Å². The van der Waals surface area contributed by atoms with Crippen LogP contribution >= 0.6 is 11.8 Å². The number of methoxy groups -OCH3 is 1. The predicted molar refractivity (Wildman–Crippen MR) is 72.9 cm³/mol. The Bertz CT molecular complexity index is 501. The number of nitro benzene ring substituents is 1. The first-order valence-corrected chi connectivity index (χ1v) is 6.98. The van der Waals surface area contributed by atoms with E-state index in [0.717, 1.165) is 11.5 Å². The monoisotopic (exact) mass is 282 g/mol. The Hall–Kier alpha value is -1.76. The number of rotatable bonds is 3. The van der Waals surface area contributed by atoms with E-state index in [9.17, 15) is 14.9 Å². The molecule has 6 nitrogen and oxygen atoms in total. The summed E-state index contributed by atoms with van der Waals surface area (Å²) < 4.78 is 5.03. The molecule has 0 saturated carbocycles. The summed E-state index contributed by atoms with van der Waals surface area (Å²) in [6.07, 6.45) is 0. The van der Waals surface area contributed by atoms with E-state index in [-0.39, 0.29) is 17.2 Å². The molecule has 1 fully saturated rings. The first-order valence-electron chi connectivity index (χ1n) is 5.83. The molecular weight excluding hydrogens is 268 g/mol. The van der Waals surface area contributed by atoms with Gasteiger partial charge in [-0.15, -0.1) is 0 Å². The maximum Gasteiger partial charge on any atom is 0.282 e. The molecule has 1 aliphatic rings. The second kappa shape index (κ2) is 5.92. The van der Waals surface area contributed by atoms with Crippen LogP contribution < -0.4 is 4.74 Å². The number of amides is 1. The highest BCUT2D eigenvalue weighted by atomic mass is 32.2. The number of nitro groups is 1. The highest BCUT2D eigenvalue weighted by Gasteiger charge is 2.26. The van der Waals surface area contributed by atoms with Crippen molar-refractivity contribution in [3.05, 3.63) is 33.9 Å². The zero-order valence-corrected chi connectivity index (χ0v) is 11.3. The molecule has 0 aliphatic carbocycles. The second-order valence-corrected chi connectivity index (χ2v) is 5.27. The summed E-state index contributed by atoms with van der Waals surface area (Å²) >= 11 is 1.78. The number of carbonyl (C=O) groups is 1. The van der Waals surface area contributed by atoms with Crippen LogP contribution in [0.15, 0.2) is 18.2 Å². The summed E-state index contributed by atoms with van der Waals surface area (Å²) in [5, 5.41) is 11.0. The highest BCUT2D eigenvalue weighted by Crippen LogP contribution is 2.26. The molecule has 0 aromatic heterocycles. The van der Waals surface area contributed by atoms with Crippen molar-refractivity contribution in [2.75, 3.05) is 31.7 Å². The van der Waals surface area contributed by atoms with Crippen LogP contribution in [0.3, 0.4) is 0 Å². The normalized spacial score (nSPS) is 15.1. The van der Waals surface area contributed by atoms with Gasteiger partial charge in [-0.05, 0) is 12.1 Å². The van der Waals surface area contributed by atoms with Crippen LogP contribution in [0, 0.1) is 10.1 Å². The summed E-state index contributed by atoms with van der Waals surface area (Å²) in [5.74, 6) is 1.87. The Morgan fingerprint density at radius 2 is 2.11 bits per heavy atom. The highest BCUT2D eigenvalue weighted by molar-refractivity contribution is 7.99. The Balaban J connectivity index is 2.34. The van der Waals surface area contributed by atoms with Gasteiger partial charge < -0.3 is 9.64 Å². The number of benzene rings is 1. The predicted octanol–water partition coefficient (Wildman–Crippen LogP) is 1.79. The molecule has 2 rings (SSSR count). The van der Waals surface area contributed by atoms with E-state index < -0.39 is 4.92 Å². The van der Waals surface area contributed by atoms with E-state index in [2.05, 4.69) is 0 Å². The molecule has 102 valence electrons. The lowest BCUT2D eigenvalue weighted by atomic mass is 10.1. The van der Waals surface area contributed by atoms with Crippen LogP contribution in [-0.2, 0) is 0 Å². The number of ether oxygens (including phenoxy) is 1. The fraction of sp³-hybridized carbons (Fsp3) is 0.417. The van der Waals surface area contributed by atoms with E-state index in [0.29, 0.717) is 18.8 Å². The van der Waals surface area contributed by atoms with Crippen molar-refractivity contribution >= 4 is 23.4 Å². The molecule has 0 radical (unpaired) electrons. The van der Waals surface area contributed by atoms with Crippen molar-refractivity contribution in [2.45, 2.75) is 0 Å². The minimum Gasteiger partial charge on any atom is -0.497 e. The van der Waals surface area contributed by atoms with E-state index in [1.807, 2.05) is 0 Å². The largest absolute Gasteiger partial charge is 0.497 e. The van der Waals surface area contributed by atoms with Crippen molar-refractivity contribution in [2.24, 2.45) is 0 Å². The van der Waals surface area contributed by atoms with Crippen LogP contribution in [0.1, 0.15) is 10.4 Å². The molecule has 0 bridgehead atoms. The zero-order chi connectivity index (χ0) is 13.8. The Labute approximate surface area is 114 Å². The summed E-state index contributed by atoms with van der Waals surface area (Å²) in [7, 11) is 1.47. The van der Waals surface area contributed by atoms with Gasteiger partial charge in [0.15, 0.2) is 0 Å². The summed E-state index contributed by atoms with van der Waals surface area (Å²) in [5.41, 5.74) is -0.0831. The van der Waals surface area contributed by atoms with Gasteiger partial charge in [-0.2, -0.15) is 11.8 Å². The average molecular weight is 282 g/mol. The third-order valence-corrected chi connectivity index (χ3v) is 3.87. The molecule has 1 heterocycles. The Morgan fingerprint density at radius 3 is 2.68 bits per heavy atom. The van der Waals surface area contributed by atoms with Gasteiger partial charge in [-0.25, -0.2) is 0 Å². The van der Waals surface area contributed by atoms with Crippen molar-refractivity contribution in [3.8, 4) is 5.75 Å². The Kier molecular flexibility index (Phi) is 4.26. The molecular formula is C12H14N2O4S. The van der Waals surface area contributed by atoms with E-state index in [4.69, 9.17) is 4.74 Å². The van der Waals surface area contributed by atoms with Crippen LogP contribution in [0.2, 0.25) is 0 Å². The third-order valence-electron chi connectivity index (χ3n) is 2.93. The van der Waals surface area contributed by atoms with E-state index in [1.54, 1.807) is 16.7 Å². The van der Waals surface area contributed by atoms with Crippen LogP contribution in [0.4, 0.5) is 5.69 Å². The number of hydrogen-bond acceptors (Lipinski definition) is 5. The summed E-state index contributed by atoms with van der Waals surface area (Å²) in [4.78, 5) is 24.5. The maximum atomic E-state index is 12.3. The molecule has 7 heteroatoms. The minimum absolute atomic E-state index is 0.0938. The van der Waals surface area contributed by atoms with E-state index >= 15 is 0 Å². The fourth-order valence-electron chi connectivity index (χ4n) is 1.91. The lowest BCUT2D eigenvalue weighted by Crippen LogP contribution is -2.38. The topological polar surface area (TPSA) is 72.7 Å². The molecule has 0 spiro atoms. The van der Waals surface area contributed by atoms with Crippen LogP contribution in [0.25, 0.3) is 0 Å². The second-order valence-electron chi connectivity index (χ2n) is 4.04. The molecule has 0 atom stereocenters. The SMILES string of the molecule is COc1ccc([N+](=O)[O-])c(C(=O)N2CCSCC2)c1. The number of hydrogen-bond donors (Lipinski definition) is 0. The fourth-order valence-corrected chi connectivity index (χ4v) is 2.81. The van der Waals surface area contributed by atoms with Crippen LogP contribution in [0.5, 0.6) is 5.75 Å².